The molecule has 0 aliphatic rings. The van der Waals surface area contributed by atoms with E-state index in [9.17, 15) is 14.0 Å². The number of halogens is 1. The van der Waals surface area contributed by atoms with Gasteiger partial charge in [-0.3, -0.25) is 4.79 Å². The van der Waals surface area contributed by atoms with Gasteiger partial charge in [-0.05, 0) is 30.3 Å². The molecule has 0 saturated carbocycles. The van der Waals surface area contributed by atoms with Crippen molar-refractivity contribution in [3.63, 3.8) is 0 Å². The summed E-state index contributed by atoms with van der Waals surface area (Å²) in [5, 5.41) is 7.55. The molecule has 0 aliphatic heterocycles. The van der Waals surface area contributed by atoms with E-state index in [-0.39, 0.29) is 5.91 Å². The van der Waals surface area contributed by atoms with E-state index in [1.165, 1.54) is 25.2 Å². The number of benzene rings is 2. The Morgan fingerprint density at radius 2 is 1.76 bits per heavy atom. The van der Waals surface area contributed by atoms with Gasteiger partial charge in [0.25, 0.3) is 5.91 Å². The van der Waals surface area contributed by atoms with E-state index in [1.54, 1.807) is 30.3 Å². The smallest absolute Gasteiger partial charge is 0.323 e. The lowest BCUT2D eigenvalue weighted by Crippen LogP contribution is -2.24. The minimum absolute atomic E-state index is 0.309. The topological polar surface area (TPSA) is 70.2 Å². The highest BCUT2D eigenvalue weighted by Gasteiger charge is 2.11. The van der Waals surface area contributed by atoms with Crippen molar-refractivity contribution in [2.45, 2.75) is 0 Å². The molecule has 0 radical (unpaired) electrons. The maximum atomic E-state index is 13.0. The second kappa shape index (κ2) is 6.51. The molecule has 108 valence electrons. The number of carbonyl (C=O) groups excluding carboxylic acids is 2. The first-order valence-corrected chi connectivity index (χ1v) is 6.25. The lowest BCUT2D eigenvalue weighted by Gasteiger charge is -2.11. The Bertz CT molecular complexity index is 673. The van der Waals surface area contributed by atoms with Crippen LogP contribution in [0.4, 0.5) is 20.6 Å². The number of urea groups is 1. The first-order valence-electron chi connectivity index (χ1n) is 6.25. The maximum Gasteiger partial charge on any atom is 0.323 e. The van der Waals surface area contributed by atoms with E-state index >= 15 is 0 Å². The average molecular weight is 287 g/mol. The molecule has 6 heteroatoms. The molecule has 0 atom stereocenters. The number of nitrogens with one attached hydrogen (secondary N) is 3. The summed E-state index contributed by atoms with van der Waals surface area (Å²) in [5.41, 5.74) is 1.03. The van der Waals surface area contributed by atoms with Gasteiger partial charge in [0.2, 0.25) is 0 Å². The maximum absolute atomic E-state index is 13.0. The van der Waals surface area contributed by atoms with Crippen LogP contribution in [0.2, 0.25) is 0 Å². The average Bonchev–Trinajstić information content (AvgIpc) is 2.47. The van der Waals surface area contributed by atoms with Crippen molar-refractivity contribution in [2.75, 3.05) is 17.7 Å². The van der Waals surface area contributed by atoms with E-state index in [4.69, 9.17) is 0 Å². The molecule has 3 amide bonds. The van der Waals surface area contributed by atoms with E-state index in [2.05, 4.69) is 16.0 Å². The molecule has 2 rings (SSSR count). The molecule has 5 nitrogen and oxygen atoms in total. The van der Waals surface area contributed by atoms with Crippen LogP contribution in [0.5, 0.6) is 0 Å². The third-order valence-corrected chi connectivity index (χ3v) is 2.73. The summed E-state index contributed by atoms with van der Waals surface area (Å²) in [5.74, 6) is -0.754. The van der Waals surface area contributed by atoms with Crippen LogP contribution in [-0.2, 0) is 0 Å². The van der Waals surface area contributed by atoms with Crippen molar-refractivity contribution in [3.8, 4) is 0 Å². The van der Waals surface area contributed by atoms with E-state index in [1.807, 2.05) is 0 Å². The Labute approximate surface area is 121 Å². The number of amides is 3. The number of hydrogen-bond donors (Lipinski definition) is 3. The van der Waals surface area contributed by atoms with Crippen molar-refractivity contribution < 1.29 is 14.0 Å². The highest BCUT2D eigenvalue weighted by Crippen LogP contribution is 2.16. The summed E-state index contributed by atoms with van der Waals surface area (Å²) in [7, 11) is 1.51. The Morgan fingerprint density at radius 1 is 1.00 bits per heavy atom. The van der Waals surface area contributed by atoms with Crippen LogP contribution in [-0.4, -0.2) is 19.0 Å². The zero-order valence-corrected chi connectivity index (χ0v) is 11.3. The Balaban J connectivity index is 2.11. The summed E-state index contributed by atoms with van der Waals surface area (Å²) >= 11 is 0. The van der Waals surface area contributed by atoms with Gasteiger partial charge < -0.3 is 16.0 Å². The highest BCUT2D eigenvalue weighted by molar-refractivity contribution is 6.06. The van der Waals surface area contributed by atoms with Crippen molar-refractivity contribution in [1.82, 2.24) is 5.32 Å². The second-order valence-corrected chi connectivity index (χ2v) is 4.21. The van der Waals surface area contributed by atoms with Crippen molar-refractivity contribution in [2.24, 2.45) is 0 Å². The third kappa shape index (κ3) is 3.79. The standard InChI is InChI=1S/C15H14FN3O2/c1-17-14(20)12-7-2-3-8-13(12)19-15(21)18-11-6-4-5-10(16)9-11/h2-9H,1H3,(H,17,20)(H2,18,19,21). The van der Waals surface area contributed by atoms with Gasteiger partial charge in [-0.2, -0.15) is 0 Å². The zero-order valence-electron chi connectivity index (χ0n) is 11.3. The molecule has 0 fully saturated rings. The molecule has 0 spiro atoms. The number of carbonyl (C=O) groups is 2. The predicted octanol–water partition coefficient (Wildman–Crippen LogP) is 2.83. The Hall–Kier alpha value is -2.89. The van der Waals surface area contributed by atoms with Gasteiger partial charge in [0.15, 0.2) is 0 Å². The fourth-order valence-electron chi connectivity index (χ4n) is 1.78. The molecule has 0 aromatic heterocycles. The lowest BCUT2D eigenvalue weighted by atomic mass is 10.1. The van der Waals surface area contributed by atoms with Crippen LogP contribution in [0.25, 0.3) is 0 Å². The zero-order chi connectivity index (χ0) is 15.2. The normalized spacial score (nSPS) is 9.81. The second-order valence-electron chi connectivity index (χ2n) is 4.21. The fourth-order valence-corrected chi connectivity index (χ4v) is 1.78. The summed E-state index contributed by atoms with van der Waals surface area (Å²) in [4.78, 5) is 23.6. The van der Waals surface area contributed by atoms with Crippen LogP contribution in [0.3, 0.4) is 0 Å². The predicted molar refractivity (Wildman–Crippen MR) is 78.9 cm³/mol. The molecule has 3 N–H and O–H groups in total. The molecule has 0 bridgehead atoms. The van der Waals surface area contributed by atoms with Crippen LogP contribution >= 0.6 is 0 Å². The molecule has 21 heavy (non-hydrogen) atoms. The van der Waals surface area contributed by atoms with Gasteiger partial charge in [-0.25, -0.2) is 9.18 Å². The highest BCUT2D eigenvalue weighted by atomic mass is 19.1. The molecule has 2 aromatic carbocycles. The van der Waals surface area contributed by atoms with E-state index in [0.717, 1.165) is 0 Å². The first-order chi connectivity index (χ1) is 10.1. The van der Waals surface area contributed by atoms with Crippen LogP contribution in [0.15, 0.2) is 48.5 Å². The molecule has 0 saturated heterocycles. The number of rotatable bonds is 3. The largest absolute Gasteiger partial charge is 0.355 e. The van der Waals surface area contributed by atoms with Crippen LogP contribution in [0, 0.1) is 5.82 Å². The molecule has 2 aromatic rings. The molecule has 0 unspecified atom stereocenters. The van der Waals surface area contributed by atoms with Crippen LogP contribution < -0.4 is 16.0 Å². The molecule has 0 aliphatic carbocycles. The van der Waals surface area contributed by atoms with Crippen molar-refractivity contribution in [3.05, 3.63) is 59.9 Å². The SMILES string of the molecule is CNC(=O)c1ccccc1NC(=O)Nc1cccc(F)c1. The fraction of sp³-hybridized carbons (Fsp3) is 0.0667. The van der Waals surface area contributed by atoms with E-state index in [0.29, 0.717) is 16.9 Å². The molecular weight excluding hydrogens is 273 g/mol. The minimum atomic E-state index is -0.558. The monoisotopic (exact) mass is 287 g/mol. The summed E-state index contributed by atoms with van der Waals surface area (Å²) in [6.45, 7) is 0. The quantitative estimate of drug-likeness (QED) is 0.812. The summed E-state index contributed by atoms with van der Waals surface area (Å²) in [6, 6.07) is 11.6. The van der Waals surface area contributed by atoms with Crippen LogP contribution in [0.1, 0.15) is 10.4 Å². The van der Waals surface area contributed by atoms with Gasteiger partial charge in [-0.15, -0.1) is 0 Å². The van der Waals surface area contributed by atoms with Crippen molar-refractivity contribution in [1.29, 1.82) is 0 Å². The summed E-state index contributed by atoms with van der Waals surface area (Å²) in [6.07, 6.45) is 0. The summed E-state index contributed by atoms with van der Waals surface area (Å²) < 4.78 is 13.0. The first kappa shape index (κ1) is 14.5. The van der Waals surface area contributed by atoms with E-state index < -0.39 is 11.8 Å². The third-order valence-electron chi connectivity index (χ3n) is 2.73. The minimum Gasteiger partial charge on any atom is -0.355 e. The van der Waals surface area contributed by atoms with Gasteiger partial charge in [-0.1, -0.05) is 18.2 Å². The lowest BCUT2D eigenvalue weighted by molar-refractivity contribution is 0.0964. The molecule has 0 heterocycles. The van der Waals surface area contributed by atoms with Gasteiger partial charge >= 0.3 is 6.03 Å². The number of anilines is 2. The Morgan fingerprint density at radius 3 is 2.48 bits per heavy atom. The van der Waals surface area contributed by atoms with Gasteiger partial charge in [0.1, 0.15) is 5.82 Å². The van der Waals surface area contributed by atoms with Gasteiger partial charge in [0, 0.05) is 12.7 Å². The number of para-hydroxylation sites is 1. The Kier molecular flexibility index (Phi) is 4.50. The van der Waals surface area contributed by atoms with Gasteiger partial charge in [0.05, 0.1) is 11.3 Å². The number of hydrogen-bond acceptors (Lipinski definition) is 2. The van der Waals surface area contributed by atoms with Crippen molar-refractivity contribution >= 4 is 23.3 Å². The molecular formula is C15H14FN3O2.